The highest BCUT2D eigenvalue weighted by molar-refractivity contribution is 5.97. The van der Waals surface area contributed by atoms with Crippen molar-refractivity contribution in [2.75, 3.05) is 5.32 Å². The van der Waals surface area contributed by atoms with E-state index in [2.05, 4.69) is 15.3 Å². The Hall–Kier alpha value is -2.63. The van der Waals surface area contributed by atoms with Gasteiger partial charge in [-0.15, -0.1) is 0 Å². The second kappa shape index (κ2) is 7.09. The van der Waals surface area contributed by atoms with E-state index < -0.39 is 5.91 Å². The molecule has 6 nitrogen and oxygen atoms in total. The molecule has 120 valence electrons. The number of hydrogen-bond acceptors (Lipinski definition) is 5. The van der Waals surface area contributed by atoms with E-state index in [0.717, 1.165) is 18.4 Å². The largest absolute Gasteiger partial charge is 0.474 e. The molecule has 0 radical (unpaired) electrons. The number of anilines is 1. The fraction of sp³-hybridized carbons (Fsp3) is 0.353. The molecular formula is C17H20N4O2. The lowest BCUT2D eigenvalue weighted by Crippen LogP contribution is -2.16. The smallest absolute Gasteiger partial charge is 0.252 e. The topological polar surface area (TPSA) is 90.1 Å². The fourth-order valence-electron chi connectivity index (χ4n) is 2.75. The number of rotatable bonds is 6. The number of nitrogens with two attached hydrogens (primary N) is 1. The minimum atomic E-state index is -0.505. The van der Waals surface area contributed by atoms with Crippen LogP contribution in [0.1, 0.15) is 41.6 Å². The van der Waals surface area contributed by atoms with Crippen molar-refractivity contribution >= 4 is 11.7 Å². The van der Waals surface area contributed by atoms with E-state index in [-0.39, 0.29) is 6.10 Å². The lowest BCUT2D eigenvalue weighted by Gasteiger charge is -2.16. The van der Waals surface area contributed by atoms with Gasteiger partial charge in [-0.1, -0.05) is 6.07 Å². The SMILES string of the molecule is NC(=O)c1cccnc1NCc1cccnc1OC1CCCC1. The summed E-state index contributed by atoms with van der Waals surface area (Å²) in [6, 6.07) is 7.16. The molecule has 6 heteroatoms. The quantitative estimate of drug-likeness (QED) is 0.855. The van der Waals surface area contributed by atoms with Gasteiger partial charge in [-0.3, -0.25) is 4.79 Å². The molecule has 1 aliphatic carbocycles. The van der Waals surface area contributed by atoms with Gasteiger partial charge in [-0.05, 0) is 43.9 Å². The maximum absolute atomic E-state index is 11.4. The monoisotopic (exact) mass is 312 g/mol. The van der Waals surface area contributed by atoms with Crippen molar-refractivity contribution in [2.24, 2.45) is 5.73 Å². The maximum atomic E-state index is 11.4. The van der Waals surface area contributed by atoms with E-state index in [0.29, 0.717) is 23.8 Å². The molecule has 0 aliphatic heterocycles. The number of nitrogens with one attached hydrogen (secondary N) is 1. The molecule has 0 saturated heterocycles. The molecule has 2 aromatic heterocycles. The zero-order valence-corrected chi connectivity index (χ0v) is 12.9. The average Bonchev–Trinajstić information content (AvgIpc) is 3.07. The Bertz CT molecular complexity index is 684. The van der Waals surface area contributed by atoms with Crippen LogP contribution in [-0.2, 0) is 6.54 Å². The minimum Gasteiger partial charge on any atom is -0.474 e. The van der Waals surface area contributed by atoms with Crippen molar-refractivity contribution in [2.45, 2.75) is 38.3 Å². The molecule has 0 bridgehead atoms. The van der Waals surface area contributed by atoms with Gasteiger partial charge in [0.15, 0.2) is 0 Å². The zero-order chi connectivity index (χ0) is 16.1. The summed E-state index contributed by atoms with van der Waals surface area (Å²) in [4.78, 5) is 19.9. The molecule has 1 saturated carbocycles. The van der Waals surface area contributed by atoms with Crippen molar-refractivity contribution in [1.29, 1.82) is 0 Å². The van der Waals surface area contributed by atoms with Crippen LogP contribution >= 0.6 is 0 Å². The number of ether oxygens (including phenoxy) is 1. The summed E-state index contributed by atoms with van der Waals surface area (Å²) < 4.78 is 6.01. The number of hydrogen-bond donors (Lipinski definition) is 2. The summed E-state index contributed by atoms with van der Waals surface area (Å²) in [5.41, 5.74) is 6.67. The van der Waals surface area contributed by atoms with Gasteiger partial charge >= 0.3 is 0 Å². The highest BCUT2D eigenvalue weighted by Gasteiger charge is 2.18. The minimum absolute atomic E-state index is 0.250. The van der Waals surface area contributed by atoms with Crippen LogP contribution in [0.25, 0.3) is 0 Å². The Morgan fingerprint density at radius 3 is 2.74 bits per heavy atom. The number of carbonyl (C=O) groups excluding carboxylic acids is 1. The number of aromatic nitrogens is 2. The van der Waals surface area contributed by atoms with Gasteiger partial charge in [0.25, 0.3) is 5.91 Å². The third-order valence-corrected chi connectivity index (χ3v) is 3.95. The van der Waals surface area contributed by atoms with Crippen molar-refractivity contribution in [1.82, 2.24) is 9.97 Å². The third kappa shape index (κ3) is 3.77. The third-order valence-electron chi connectivity index (χ3n) is 3.95. The molecular weight excluding hydrogens is 292 g/mol. The Kier molecular flexibility index (Phi) is 4.71. The van der Waals surface area contributed by atoms with Crippen LogP contribution in [0.2, 0.25) is 0 Å². The predicted octanol–water partition coefficient (Wildman–Crippen LogP) is 2.51. The molecule has 1 aliphatic rings. The molecule has 1 amide bonds. The number of primary amides is 1. The first-order valence-corrected chi connectivity index (χ1v) is 7.83. The van der Waals surface area contributed by atoms with Gasteiger partial charge in [0.2, 0.25) is 5.88 Å². The number of amides is 1. The summed E-state index contributed by atoms with van der Waals surface area (Å²) in [5.74, 6) is 0.605. The summed E-state index contributed by atoms with van der Waals surface area (Å²) in [6.07, 6.45) is 8.17. The van der Waals surface area contributed by atoms with Gasteiger partial charge in [-0.2, -0.15) is 0 Å². The van der Waals surface area contributed by atoms with Crippen molar-refractivity contribution in [3.05, 3.63) is 47.8 Å². The van der Waals surface area contributed by atoms with Crippen LogP contribution < -0.4 is 15.8 Å². The van der Waals surface area contributed by atoms with Crippen LogP contribution in [0.4, 0.5) is 5.82 Å². The molecule has 3 rings (SSSR count). The number of pyridine rings is 2. The maximum Gasteiger partial charge on any atom is 0.252 e. The molecule has 0 atom stereocenters. The highest BCUT2D eigenvalue weighted by atomic mass is 16.5. The van der Waals surface area contributed by atoms with Crippen molar-refractivity contribution in [3.8, 4) is 5.88 Å². The number of nitrogens with zero attached hydrogens (tertiary/aromatic N) is 2. The standard InChI is InChI=1S/C17H20N4O2/c18-15(22)14-8-4-9-19-16(14)21-11-12-5-3-10-20-17(12)23-13-6-1-2-7-13/h3-5,8-10,13H,1-2,6-7,11H2,(H2,18,22)(H,19,21). The van der Waals surface area contributed by atoms with E-state index >= 15 is 0 Å². The van der Waals surface area contributed by atoms with Crippen LogP contribution in [0.5, 0.6) is 5.88 Å². The first-order chi connectivity index (χ1) is 11.2. The number of carbonyl (C=O) groups is 1. The summed E-state index contributed by atoms with van der Waals surface area (Å²) in [7, 11) is 0. The first-order valence-electron chi connectivity index (χ1n) is 7.83. The molecule has 1 fully saturated rings. The molecule has 2 aromatic rings. The molecule has 2 heterocycles. The van der Waals surface area contributed by atoms with E-state index in [1.165, 1.54) is 12.8 Å². The lowest BCUT2D eigenvalue weighted by atomic mass is 10.2. The highest BCUT2D eigenvalue weighted by Crippen LogP contribution is 2.25. The molecule has 3 N–H and O–H groups in total. The normalized spacial score (nSPS) is 14.6. The fourth-order valence-corrected chi connectivity index (χ4v) is 2.75. The van der Waals surface area contributed by atoms with Crippen molar-refractivity contribution < 1.29 is 9.53 Å². The van der Waals surface area contributed by atoms with Gasteiger partial charge < -0.3 is 15.8 Å². The Morgan fingerprint density at radius 1 is 1.22 bits per heavy atom. The van der Waals surface area contributed by atoms with Crippen LogP contribution in [0, 0.1) is 0 Å². The second-order valence-corrected chi connectivity index (χ2v) is 5.61. The Labute approximate surface area is 135 Å². The predicted molar refractivity (Wildman–Crippen MR) is 87.2 cm³/mol. The molecule has 0 aromatic carbocycles. The van der Waals surface area contributed by atoms with Crippen molar-refractivity contribution in [3.63, 3.8) is 0 Å². The Balaban J connectivity index is 1.72. The molecule has 23 heavy (non-hydrogen) atoms. The first kappa shape index (κ1) is 15.3. The van der Waals surface area contributed by atoms with Crippen LogP contribution in [0.15, 0.2) is 36.7 Å². The van der Waals surface area contributed by atoms with Gasteiger partial charge in [0.05, 0.1) is 5.56 Å². The van der Waals surface area contributed by atoms with Gasteiger partial charge in [0.1, 0.15) is 11.9 Å². The average molecular weight is 312 g/mol. The van der Waals surface area contributed by atoms with E-state index in [1.807, 2.05) is 12.1 Å². The van der Waals surface area contributed by atoms with E-state index in [1.54, 1.807) is 24.5 Å². The zero-order valence-electron chi connectivity index (χ0n) is 12.9. The Morgan fingerprint density at radius 2 is 1.96 bits per heavy atom. The summed E-state index contributed by atoms with van der Waals surface area (Å²) in [5, 5.41) is 3.14. The van der Waals surface area contributed by atoms with Gasteiger partial charge in [0, 0.05) is 24.5 Å². The van der Waals surface area contributed by atoms with E-state index in [4.69, 9.17) is 10.5 Å². The van der Waals surface area contributed by atoms with Gasteiger partial charge in [-0.25, -0.2) is 9.97 Å². The molecule has 0 unspecified atom stereocenters. The van der Waals surface area contributed by atoms with E-state index in [9.17, 15) is 4.79 Å². The van der Waals surface area contributed by atoms with Crippen LogP contribution in [-0.4, -0.2) is 22.0 Å². The lowest BCUT2D eigenvalue weighted by molar-refractivity contribution is 0.100. The van der Waals surface area contributed by atoms with Crippen LogP contribution in [0.3, 0.4) is 0 Å². The second-order valence-electron chi connectivity index (χ2n) is 5.61. The molecule has 0 spiro atoms. The summed E-state index contributed by atoms with van der Waals surface area (Å²) in [6.45, 7) is 0.465. The summed E-state index contributed by atoms with van der Waals surface area (Å²) >= 11 is 0.